The van der Waals surface area contributed by atoms with E-state index in [1.54, 1.807) is 30.3 Å². The summed E-state index contributed by atoms with van der Waals surface area (Å²) in [5.74, 6) is -1.63. The molecule has 4 rings (SSSR count). The van der Waals surface area contributed by atoms with Gasteiger partial charge < -0.3 is 4.74 Å². The highest BCUT2D eigenvalue weighted by Crippen LogP contribution is 2.28. The van der Waals surface area contributed by atoms with E-state index in [1.807, 2.05) is 6.26 Å². The first-order valence-electron chi connectivity index (χ1n) is 9.80. The molecule has 10 heteroatoms. The lowest BCUT2D eigenvalue weighted by molar-refractivity contribution is -0.150. The molecule has 0 radical (unpaired) electrons. The molecule has 0 saturated carbocycles. The number of nitrogens with zero attached hydrogens (tertiary/aromatic N) is 3. The van der Waals surface area contributed by atoms with Crippen molar-refractivity contribution in [1.82, 2.24) is 14.5 Å². The minimum Gasteiger partial charge on any atom is -0.456 e. The monoisotopic (exact) mass is 459 g/mol. The first-order valence-corrected chi connectivity index (χ1v) is 11.2. The maximum Gasteiger partial charge on any atom is 0.329 e. The standard InChI is InChI=1S/C22H19F2N3O4S/c1-32-11-10-17(27-19(28)13-6-2-3-7-14(13)20(27)29)21(30)31-12-18-25-15-8-4-5-9-16(15)26(18)22(23)24/h2-9,17,22H,10-12H2,1H3. The third-order valence-electron chi connectivity index (χ3n) is 5.21. The quantitative estimate of drug-likeness (QED) is 0.376. The zero-order valence-electron chi connectivity index (χ0n) is 17.0. The summed E-state index contributed by atoms with van der Waals surface area (Å²) in [6.07, 6.45) is 2.01. The van der Waals surface area contributed by atoms with E-state index in [4.69, 9.17) is 4.74 Å². The van der Waals surface area contributed by atoms with E-state index in [-0.39, 0.29) is 28.9 Å². The fourth-order valence-electron chi connectivity index (χ4n) is 3.72. The van der Waals surface area contributed by atoms with Gasteiger partial charge in [0.2, 0.25) is 0 Å². The number of fused-ring (bicyclic) bond motifs is 2. The van der Waals surface area contributed by atoms with Gasteiger partial charge in [-0.25, -0.2) is 9.78 Å². The zero-order chi connectivity index (χ0) is 22.8. The number of carbonyl (C=O) groups excluding carboxylic acids is 3. The molecule has 3 aromatic rings. The van der Waals surface area contributed by atoms with Crippen molar-refractivity contribution in [2.45, 2.75) is 25.6 Å². The van der Waals surface area contributed by atoms with Crippen LogP contribution in [0.1, 0.15) is 39.5 Å². The van der Waals surface area contributed by atoms with Gasteiger partial charge in [-0.3, -0.25) is 19.1 Å². The predicted molar refractivity (Wildman–Crippen MR) is 115 cm³/mol. The van der Waals surface area contributed by atoms with Crippen molar-refractivity contribution < 1.29 is 27.9 Å². The number of alkyl halides is 2. The summed E-state index contributed by atoms with van der Waals surface area (Å²) in [5, 5.41) is 0. The number of hydrogen-bond donors (Lipinski definition) is 0. The largest absolute Gasteiger partial charge is 0.456 e. The van der Waals surface area contributed by atoms with Crippen LogP contribution in [0.15, 0.2) is 48.5 Å². The number of imide groups is 1. The van der Waals surface area contributed by atoms with E-state index in [1.165, 1.54) is 30.0 Å². The van der Waals surface area contributed by atoms with Gasteiger partial charge in [-0.2, -0.15) is 20.5 Å². The molecule has 32 heavy (non-hydrogen) atoms. The highest BCUT2D eigenvalue weighted by molar-refractivity contribution is 7.98. The number of ether oxygens (including phenoxy) is 1. The average Bonchev–Trinajstić information content (AvgIpc) is 3.29. The Morgan fingerprint density at radius 2 is 1.69 bits per heavy atom. The fourth-order valence-corrected chi connectivity index (χ4v) is 4.18. The summed E-state index contributed by atoms with van der Waals surface area (Å²) in [5.41, 5.74) is 1.00. The number of para-hydroxylation sites is 2. The first kappa shape index (κ1) is 21.9. The van der Waals surface area contributed by atoms with Gasteiger partial charge in [0.15, 0.2) is 5.82 Å². The molecule has 1 atom stereocenters. The van der Waals surface area contributed by atoms with Gasteiger partial charge in [0.05, 0.1) is 22.2 Å². The highest BCUT2D eigenvalue weighted by Gasteiger charge is 2.43. The van der Waals surface area contributed by atoms with Crippen LogP contribution in [0.25, 0.3) is 11.0 Å². The van der Waals surface area contributed by atoms with E-state index in [0.29, 0.717) is 15.8 Å². The van der Waals surface area contributed by atoms with Crippen LogP contribution in [0.3, 0.4) is 0 Å². The summed E-state index contributed by atoms with van der Waals surface area (Å²) < 4.78 is 33.2. The second-order valence-corrected chi connectivity index (χ2v) is 8.08. The Labute approximate surface area is 186 Å². The van der Waals surface area contributed by atoms with Gasteiger partial charge in [0.25, 0.3) is 11.8 Å². The van der Waals surface area contributed by atoms with E-state index in [0.717, 1.165) is 4.90 Å². The van der Waals surface area contributed by atoms with Gasteiger partial charge in [0, 0.05) is 0 Å². The number of benzene rings is 2. The van der Waals surface area contributed by atoms with Crippen LogP contribution in [-0.4, -0.2) is 50.3 Å². The summed E-state index contributed by atoms with van der Waals surface area (Å²) in [4.78, 5) is 43.6. The Balaban J connectivity index is 1.58. The molecule has 0 fully saturated rings. The van der Waals surface area contributed by atoms with Crippen molar-refractivity contribution in [2.75, 3.05) is 12.0 Å². The van der Waals surface area contributed by atoms with Crippen LogP contribution in [0.5, 0.6) is 0 Å². The summed E-state index contributed by atoms with van der Waals surface area (Å²) in [7, 11) is 0. The van der Waals surface area contributed by atoms with Crippen LogP contribution in [0, 0.1) is 0 Å². The van der Waals surface area contributed by atoms with Crippen molar-refractivity contribution in [2.24, 2.45) is 0 Å². The number of hydrogen-bond acceptors (Lipinski definition) is 6. The van der Waals surface area contributed by atoms with E-state index in [9.17, 15) is 23.2 Å². The maximum absolute atomic E-state index is 13.6. The molecular formula is C22H19F2N3O4S. The molecular weight excluding hydrogens is 440 g/mol. The molecule has 1 aromatic heterocycles. The molecule has 1 unspecified atom stereocenters. The van der Waals surface area contributed by atoms with Crippen LogP contribution >= 0.6 is 11.8 Å². The molecule has 1 aliphatic heterocycles. The van der Waals surface area contributed by atoms with Crippen molar-refractivity contribution in [3.63, 3.8) is 0 Å². The van der Waals surface area contributed by atoms with Gasteiger partial charge in [-0.05, 0) is 42.7 Å². The highest BCUT2D eigenvalue weighted by atomic mass is 32.2. The zero-order valence-corrected chi connectivity index (χ0v) is 17.9. The Bertz CT molecular complexity index is 1160. The third-order valence-corrected chi connectivity index (χ3v) is 5.86. The SMILES string of the molecule is CSCCC(C(=O)OCc1nc2ccccc2n1C(F)F)N1C(=O)c2ccccc2C1=O. The number of halogens is 2. The van der Waals surface area contributed by atoms with Crippen molar-refractivity contribution >= 4 is 40.6 Å². The molecule has 0 bridgehead atoms. The second-order valence-electron chi connectivity index (χ2n) is 7.10. The van der Waals surface area contributed by atoms with Crippen LogP contribution in [0.2, 0.25) is 0 Å². The minimum atomic E-state index is -2.88. The Kier molecular flexibility index (Phi) is 6.22. The smallest absolute Gasteiger partial charge is 0.329 e. The molecule has 7 nitrogen and oxygen atoms in total. The molecule has 166 valence electrons. The molecule has 0 saturated heterocycles. The lowest BCUT2D eigenvalue weighted by atomic mass is 10.1. The summed E-state index contributed by atoms with van der Waals surface area (Å²) >= 11 is 1.44. The number of amides is 2. The summed E-state index contributed by atoms with van der Waals surface area (Å²) in [6.45, 7) is -3.39. The van der Waals surface area contributed by atoms with Crippen molar-refractivity contribution in [1.29, 1.82) is 0 Å². The van der Waals surface area contributed by atoms with Gasteiger partial charge in [0.1, 0.15) is 12.6 Å². The molecule has 0 N–H and O–H groups in total. The normalized spacial score (nSPS) is 14.3. The lowest BCUT2D eigenvalue weighted by Gasteiger charge is -2.24. The fraction of sp³-hybridized carbons (Fsp3) is 0.273. The Morgan fingerprint density at radius 1 is 1.06 bits per heavy atom. The van der Waals surface area contributed by atoms with Gasteiger partial charge in [-0.15, -0.1) is 0 Å². The number of thioether (sulfide) groups is 1. The predicted octanol–water partition coefficient (Wildman–Crippen LogP) is 3.89. The van der Waals surface area contributed by atoms with Crippen molar-refractivity contribution in [3.05, 3.63) is 65.5 Å². The molecule has 2 aromatic carbocycles. The number of esters is 1. The number of carbonyl (C=O) groups is 3. The van der Waals surface area contributed by atoms with E-state index in [2.05, 4.69) is 4.98 Å². The average molecular weight is 459 g/mol. The lowest BCUT2D eigenvalue weighted by Crippen LogP contribution is -2.46. The molecule has 0 spiro atoms. The molecule has 1 aliphatic rings. The maximum atomic E-state index is 13.6. The van der Waals surface area contributed by atoms with Crippen LogP contribution < -0.4 is 0 Å². The van der Waals surface area contributed by atoms with E-state index < -0.39 is 37.0 Å². The minimum absolute atomic E-state index is 0.125. The molecule has 2 amide bonds. The van der Waals surface area contributed by atoms with Gasteiger partial charge in [-0.1, -0.05) is 24.3 Å². The van der Waals surface area contributed by atoms with Crippen LogP contribution in [-0.2, 0) is 16.1 Å². The summed E-state index contributed by atoms with van der Waals surface area (Å²) in [6, 6.07) is 11.5. The number of rotatable bonds is 8. The Morgan fingerprint density at radius 3 is 2.31 bits per heavy atom. The number of imidazole rings is 1. The molecule has 2 heterocycles. The third kappa shape index (κ3) is 3.86. The second kappa shape index (κ2) is 9.07. The first-order chi connectivity index (χ1) is 15.4. The van der Waals surface area contributed by atoms with Gasteiger partial charge >= 0.3 is 12.5 Å². The van der Waals surface area contributed by atoms with E-state index >= 15 is 0 Å². The number of aromatic nitrogens is 2. The van der Waals surface area contributed by atoms with Crippen molar-refractivity contribution in [3.8, 4) is 0 Å². The van der Waals surface area contributed by atoms with Crippen LogP contribution in [0.4, 0.5) is 8.78 Å². The topological polar surface area (TPSA) is 81.5 Å². The molecule has 0 aliphatic carbocycles. The Hall–Kier alpha value is -3.27.